The standard InChI is InChI=1S/C26H34O8/c1-7-25(5)9-15-18-17-14(10-32-15)8-16(34-13(4)27)26(6,11-33-24(31)12(2)3)20(17)22(29)21(28)19(18)23(25)30/h7,12,14-16,23,28-30H,1,8-11H2,2-6H3. The van der Waals surface area contributed by atoms with Crippen LogP contribution >= 0.6 is 0 Å². The van der Waals surface area contributed by atoms with Gasteiger partial charge in [-0.15, -0.1) is 6.58 Å². The van der Waals surface area contributed by atoms with Crippen molar-refractivity contribution < 1.29 is 39.1 Å². The third-order valence-electron chi connectivity index (χ3n) is 7.86. The van der Waals surface area contributed by atoms with Crippen molar-refractivity contribution in [2.24, 2.45) is 11.3 Å². The van der Waals surface area contributed by atoms with Gasteiger partial charge in [0.2, 0.25) is 0 Å². The normalized spacial score (nSPS) is 33.7. The second-order valence-electron chi connectivity index (χ2n) is 10.7. The Hall–Kier alpha value is -2.58. The summed E-state index contributed by atoms with van der Waals surface area (Å²) < 4.78 is 17.5. The molecule has 1 aliphatic heterocycles. The number of aromatic hydroxyl groups is 2. The van der Waals surface area contributed by atoms with Crippen LogP contribution in [-0.2, 0) is 29.2 Å². The number of rotatable bonds is 5. The first kappa shape index (κ1) is 24.5. The molecule has 1 heterocycles. The van der Waals surface area contributed by atoms with Crippen LogP contribution in [0, 0.1) is 11.3 Å². The number of carbonyl (C=O) groups is 2. The Kier molecular flexibility index (Phi) is 5.97. The third kappa shape index (κ3) is 3.50. The quantitative estimate of drug-likeness (QED) is 0.336. The van der Waals surface area contributed by atoms with Gasteiger partial charge < -0.3 is 29.5 Å². The largest absolute Gasteiger partial charge is 0.504 e. The highest BCUT2D eigenvalue weighted by atomic mass is 16.6. The first-order valence-corrected chi connectivity index (χ1v) is 11.7. The monoisotopic (exact) mass is 474 g/mol. The summed E-state index contributed by atoms with van der Waals surface area (Å²) >= 11 is 0. The van der Waals surface area contributed by atoms with Crippen molar-refractivity contribution in [1.29, 1.82) is 0 Å². The van der Waals surface area contributed by atoms with Gasteiger partial charge in [-0.25, -0.2) is 0 Å². The molecule has 0 radical (unpaired) electrons. The summed E-state index contributed by atoms with van der Waals surface area (Å²) in [6.45, 7) is 12.4. The van der Waals surface area contributed by atoms with Crippen molar-refractivity contribution in [3.05, 3.63) is 34.9 Å². The van der Waals surface area contributed by atoms with E-state index in [9.17, 15) is 24.9 Å². The number of phenolic OH excluding ortho intramolecular Hbond substituents is 2. The number of esters is 2. The summed E-state index contributed by atoms with van der Waals surface area (Å²) in [6, 6.07) is 0. The summed E-state index contributed by atoms with van der Waals surface area (Å²) in [5, 5.41) is 33.7. The lowest BCUT2D eigenvalue weighted by molar-refractivity contribution is -0.159. The van der Waals surface area contributed by atoms with Gasteiger partial charge in [-0.1, -0.05) is 26.8 Å². The average Bonchev–Trinajstić information content (AvgIpc) is 2.77. The van der Waals surface area contributed by atoms with E-state index in [2.05, 4.69) is 6.58 Å². The van der Waals surface area contributed by atoms with E-state index in [1.165, 1.54) is 6.92 Å². The predicted molar refractivity (Wildman–Crippen MR) is 122 cm³/mol. The molecule has 2 aliphatic carbocycles. The number of phenols is 2. The van der Waals surface area contributed by atoms with Gasteiger partial charge in [0.15, 0.2) is 11.5 Å². The second-order valence-corrected chi connectivity index (χ2v) is 10.7. The molecule has 3 N–H and O–H groups in total. The molecule has 6 atom stereocenters. The van der Waals surface area contributed by atoms with Crippen molar-refractivity contribution >= 4 is 11.9 Å². The number of hydrogen-bond donors (Lipinski definition) is 3. The molecule has 0 fully saturated rings. The maximum atomic E-state index is 12.3. The highest BCUT2D eigenvalue weighted by Crippen LogP contribution is 2.63. The molecule has 0 saturated heterocycles. The predicted octanol–water partition coefficient (Wildman–Crippen LogP) is 3.67. The van der Waals surface area contributed by atoms with Gasteiger partial charge in [0.1, 0.15) is 12.7 Å². The molecule has 1 aromatic rings. The summed E-state index contributed by atoms with van der Waals surface area (Å²) in [5.41, 5.74) is 0.185. The van der Waals surface area contributed by atoms with Gasteiger partial charge in [0, 0.05) is 29.4 Å². The topological polar surface area (TPSA) is 123 Å². The molecule has 0 amide bonds. The highest BCUT2D eigenvalue weighted by molar-refractivity contribution is 5.72. The fraction of sp³-hybridized carbons (Fsp3) is 0.615. The van der Waals surface area contributed by atoms with Crippen molar-refractivity contribution in [3.8, 4) is 11.5 Å². The van der Waals surface area contributed by atoms with Crippen LogP contribution < -0.4 is 0 Å². The maximum absolute atomic E-state index is 12.3. The van der Waals surface area contributed by atoms with Crippen LogP contribution in [0.1, 0.15) is 87.8 Å². The Morgan fingerprint density at radius 1 is 1.21 bits per heavy atom. The van der Waals surface area contributed by atoms with Crippen molar-refractivity contribution in [3.63, 3.8) is 0 Å². The van der Waals surface area contributed by atoms with Crippen LogP contribution in [-0.4, -0.2) is 46.6 Å². The first-order valence-electron chi connectivity index (χ1n) is 11.7. The Balaban J connectivity index is 1.96. The summed E-state index contributed by atoms with van der Waals surface area (Å²) in [6.07, 6.45) is 0.272. The summed E-state index contributed by atoms with van der Waals surface area (Å²) in [4.78, 5) is 24.3. The minimum atomic E-state index is -1.12. The van der Waals surface area contributed by atoms with Gasteiger partial charge >= 0.3 is 11.9 Å². The van der Waals surface area contributed by atoms with Crippen molar-refractivity contribution in [1.82, 2.24) is 0 Å². The lowest BCUT2D eigenvalue weighted by atomic mass is 9.59. The van der Waals surface area contributed by atoms with E-state index in [1.807, 2.05) is 6.92 Å². The molecular formula is C26H34O8. The van der Waals surface area contributed by atoms with Crippen LogP contribution in [0.25, 0.3) is 0 Å². The van der Waals surface area contributed by atoms with Crippen LogP contribution in [0.5, 0.6) is 11.5 Å². The first-order chi connectivity index (χ1) is 15.9. The maximum Gasteiger partial charge on any atom is 0.308 e. The SMILES string of the molecule is C=CC1(C)CC2OCC3CC(OC(C)=O)C(C)(COC(=O)C(C)C)c4c(O)c(O)c(c2c43)C1O. The van der Waals surface area contributed by atoms with Gasteiger partial charge in [-0.05, 0) is 30.9 Å². The molecule has 186 valence electrons. The van der Waals surface area contributed by atoms with Gasteiger partial charge in [0.25, 0.3) is 0 Å². The molecule has 0 saturated carbocycles. The van der Waals surface area contributed by atoms with E-state index in [0.717, 1.165) is 5.56 Å². The summed E-state index contributed by atoms with van der Waals surface area (Å²) in [5.74, 6) is -2.34. The van der Waals surface area contributed by atoms with Crippen LogP contribution in [0.2, 0.25) is 0 Å². The zero-order chi connectivity index (χ0) is 25.2. The third-order valence-corrected chi connectivity index (χ3v) is 7.86. The molecular weight excluding hydrogens is 440 g/mol. The Labute approximate surface area is 199 Å². The lowest BCUT2D eigenvalue weighted by Crippen LogP contribution is -2.51. The fourth-order valence-electron chi connectivity index (χ4n) is 5.80. The van der Waals surface area contributed by atoms with Gasteiger partial charge in [-0.2, -0.15) is 0 Å². The van der Waals surface area contributed by atoms with Gasteiger partial charge in [0.05, 0.1) is 30.1 Å². The molecule has 34 heavy (non-hydrogen) atoms. The molecule has 4 rings (SSSR count). The average molecular weight is 475 g/mol. The highest BCUT2D eigenvalue weighted by Gasteiger charge is 2.55. The van der Waals surface area contributed by atoms with Crippen LogP contribution in [0.15, 0.2) is 12.7 Å². The zero-order valence-electron chi connectivity index (χ0n) is 20.4. The van der Waals surface area contributed by atoms with E-state index in [1.54, 1.807) is 26.8 Å². The van der Waals surface area contributed by atoms with E-state index in [0.29, 0.717) is 30.6 Å². The van der Waals surface area contributed by atoms with E-state index >= 15 is 0 Å². The van der Waals surface area contributed by atoms with E-state index < -0.39 is 52.6 Å². The lowest BCUT2D eigenvalue weighted by Gasteiger charge is -2.51. The molecule has 6 unspecified atom stereocenters. The Morgan fingerprint density at radius 3 is 2.47 bits per heavy atom. The molecule has 3 aliphatic rings. The van der Waals surface area contributed by atoms with Crippen LogP contribution in [0.3, 0.4) is 0 Å². The number of aliphatic hydroxyl groups is 1. The molecule has 0 spiro atoms. The minimum absolute atomic E-state index is 0.147. The molecule has 0 aromatic heterocycles. The van der Waals surface area contributed by atoms with Crippen molar-refractivity contribution in [2.75, 3.05) is 13.2 Å². The second kappa shape index (κ2) is 8.27. The Morgan fingerprint density at radius 2 is 1.88 bits per heavy atom. The number of aliphatic hydroxyl groups excluding tert-OH is 1. The molecule has 8 heteroatoms. The van der Waals surface area contributed by atoms with Gasteiger partial charge in [-0.3, -0.25) is 9.59 Å². The summed E-state index contributed by atoms with van der Waals surface area (Å²) in [7, 11) is 0. The molecule has 1 aromatic carbocycles. The molecule has 8 nitrogen and oxygen atoms in total. The molecule has 0 bridgehead atoms. The zero-order valence-corrected chi connectivity index (χ0v) is 20.4. The van der Waals surface area contributed by atoms with Crippen molar-refractivity contribution in [2.45, 2.75) is 77.1 Å². The van der Waals surface area contributed by atoms with E-state index in [-0.39, 0.29) is 24.0 Å². The number of hydrogen-bond acceptors (Lipinski definition) is 8. The number of carbonyl (C=O) groups excluding carboxylic acids is 2. The number of ether oxygens (including phenoxy) is 3. The van der Waals surface area contributed by atoms with E-state index in [4.69, 9.17) is 14.2 Å². The fourth-order valence-corrected chi connectivity index (χ4v) is 5.80. The number of benzene rings is 1. The Bertz CT molecular complexity index is 1050. The van der Waals surface area contributed by atoms with Crippen LogP contribution in [0.4, 0.5) is 0 Å². The smallest absolute Gasteiger partial charge is 0.308 e. The minimum Gasteiger partial charge on any atom is -0.504 e.